The Kier molecular flexibility index (Phi) is 1.96. The molecular weight excluding hydrogens is 164 g/mol. The van der Waals surface area contributed by atoms with E-state index in [2.05, 4.69) is 20.3 Å². The largest absolute Gasteiger partial charge is 0.331 e. The molecule has 13 heavy (non-hydrogen) atoms. The molecule has 0 aromatic carbocycles. The van der Waals surface area contributed by atoms with E-state index in [1.165, 1.54) is 0 Å². The lowest BCUT2D eigenvalue weighted by Crippen LogP contribution is -1.95. The van der Waals surface area contributed by atoms with Crippen molar-refractivity contribution in [3.63, 3.8) is 0 Å². The second-order valence-corrected chi connectivity index (χ2v) is 2.70. The molecule has 2 N–H and O–H groups in total. The number of aromatic nitrogens is 3. The minimum absolute atomic E-state index is 0.733. The highest BCUT2D eigenvalue weighted by Gasteiger charge is 1.98. The van der Waals surface area contributed by atoms with Crippen molar-refractivity contribution in [3.8, 4) is 0 Å². The maximum absolute atomic E-state index is 4.16. The van der Waals surface area contributed by atoms with Crippen LogP contribution in [0.4, 0.5) is 11.6 Å². The number of pyridine rings is 1. The maximum Gasteiger partial charge on any atom is 0.204 e. The molecule has 2 heterocycles. The SMILES string of the molecule is Cc1ncccc1Nc1ncc[nH]1. The summed E-state index contributed by atoms with van der Waals surface area (Å²) in [5.74, 6) is 0.733. The van der Waals surface area contributed by atoms with Gasteiger partial charge < -0.3 is 10.3 Å². The Morgan fingerprint density at radius 1 is 1.31 bits per heavy atom. The van der Waals surface area contributed by atoms with Crippen molar-refractivity contribution in [2.75, 3.05) is 5.32 Å². The van der Waals surface area contributed by atoms with E-state index >= 15 is 0 Å². The molecular formula is C9H10N4. The number of aryl methyl sites for hydroxylation is 1. The summed E-state index contributed by atoms with van der Waals surface area (Å²) in [5.41, 5.74) is 1.93. The van der Waals surface area contributed by atoms with Crippen molar-refractivity contribution in [1.82, 2.24) is 15.0 Å². The van der Waals surface area contributed by atoms with Gasteiger partial charge in [0, 0.05) is 18.6 Å². The Hall–Kier alpha value is -1.84. The second kappa shape index (κ2) is 3.26. The fourth-order valence-electron chi connectivity index (χ4n) is 1.08. The molecule has 0 aliphatic heterocycles. The van der Waals surface area contributed by atoms with Gasteiger partial charge in [0.1, 0.15) is 0 Å². The van der Waals surface area contributed by atoms with Crippen LogP contribution >= 0.6 is 0 Å². The van der Waals surface area contributed by atoms with Gasteiger partial charge in [0.05, 0.1) is 11.4 Å². The molecule has 2 rings (SSSR count). The molecule has 0 fully saturated rings. The van der Waals surface area contributed by atoms with E-state index in [1.807, 2.05) is 19.1 Å². The van der Waals surface area contributed by atoms with E-state index in [0.717, 1.165) is 17.3 Å². The fraction of sp³-hybridized carbons (Fsp3) is 0.111. The number of nitrogens with zero attached hydrogens (tertiary/aromatic N) is 2. The molecule has 0 saturated heterocycles. The first kappa shape index (κ1) is 7.79. The summed E-state index contributed by atoms with van der Waals surface area (Å²) in [6, 6.07) is 3.85. The van der Waals surface area contributed by atoms with Crippen molar-refractivity contribution in [3.05, 3.63) is 36.4 Å². The third kappa shape index (κ3) is 1.66. The van der Waals surface area contributed by atoms with Crippen LogP contribution < -0.4 is 5.32 Å². The minimum atomic E-state index is 0.733. The van der Waals surface area contributed by atoms with Crippen LogP contribution in [0.1, 0.15) is 5.69 Å². The van der Waals surface area contributed by atoms with Crippen LogP contribution in [0.3, 0.4) is 0 Å². The lowest BCUT2D eigenvalue weighted by molar-refractivity contribution is 1.18. The van der Waals surface area contributed by atoms with E-state index < -0.39 is 0 Å². The molecule has 0 amide bonds. The lowest BCUT2D eigenvalue weighted by atomic mass is 10.3. The zero-order chi connectivity index (χ0) is 9.10. The third-order valence-electron chi connectivity index (χ3n) is 1.76. The van der Waals surface area contributed by atoms with E-state index in [4.69, 9.17) is 0 Å². The first-order chi connectivity index (χ1) is 6.36. The minimum Gasteiger partial charge on any atom is -0.331 e. The van der Waals surface area contributed by atoms with Gasteiger partial charge in [-0.05, 0) is 19.1 Å². The van der Waals surface area contributed by atoms with Gasteiger partial charge in [0.15, 0.2) is 0 Å². The predicted molar refractivity (Wildman–Crippen MR) is 50.8 cm³/mol. The molecule has 0 radical (unpaired) electrons. The Morgan fingerprint density at radius 3 is 2.92 bits per heavy atom. The van der Waals surface area contributed by atoms with Gasteiger partial charge in [0.25, 0.3) is 0 Å². The monoisotopic (exact) mass is 174 g/mol. The Balaban J connectivity index is 2.24. The van der Waals surface area contributed by atoms with E-state index in [9.17, 15) is 0 Å². The molecule has 66 valence electrons. The van der Waals surface area contributed by atoms with Crippen LogP contribution in [0, 0.1) is 6.92 Å². The zero-order valence-corrected chi connectivity index (χ0v) is 7.28. The van der Waals surface area contributed by atoms with Gasteiger partial charge in [0.2, 0.25) is 5.95 Å². The molecule has 4 heteroatoms. The van der Waals surface area contributed by atoms with Crippen LogP contribution in [-0.4, -0.2) is 15.0 Å². The first-order valence-electron chi connectivity index (χ1n) is 4.04. The number of imidazole rings is 1. The summed E-state index contributed by atoms with van der Waals surface area (Å²) in [6.07, 6.45) is 5.24. The van der Waals surface area contributed by atoms with Crippen LogP contribution in [0.5, 0.6) is 0 Å². The van der Waals surface area contributed by atoms with Crippen LogP contribution in [0.2, 0.25) is 0 Å². The number of anilines is 2. The van der Waals surface area contributed by atoms with Gasteiger partial charge in [-0.1, -0.05) is 0 Å². The number of rotatable bonds is 2. The lowest BCUT2D eigenvalue weighted by Gasteiger charge is -2.04. The summed E-state index contributed by atoms with van der Waals surface area (Å²) in [5, 5.41) is 3.12. The summed E-state index contributed by atoms with van der Waals surface area (Å²) in [6.45, 7) is 1.95. The van der Waals surface area contributed by atoms with Crippen molar-refractivity contribution in [2.24, 2.45) is 0 Å². The number of aromatic amines is 1. The molecule has 0 bridgehead atoms. The summed E-state index contributed by atoms with van der Waals surface area (Å²) in [7, 11) is 0. The van der Waals surface area contributed by atoms with E-state index in [1.54, 1.807) is 18.6 Å². The number of hydrogen-bond donors (Lipinski definition) is 2. The molecule has 4 nitrogen and oxygen atoms in total. The summed E-state index contributed by atoms with van der Waals surface area (Å²) in [4.78, 5) is 11.2. The average Bonchev–Trinajstić information content (AvgIpc) is 2.61. The molecule has 0 unspecified atom stereocenters. The summed E-state index contributed by atoms with van der Waals surface area (Å²) >= 11 is 0. The molecule has 0 atom stereocenters. The quantitative estimate of drug-likeness (QED) is 0.730. The Labute approximate surface area is 76.1 Å². The highest BCUT2D eigenvalue weighted by Crippen LogP contribution is 2.14. The smallest absolute Gasteiger partial charge is 0.204 e. The standard InChI is InChI=1S/C9H10N4/c1-7-8(3-2-4-10-7)13-9-11-5-6-12-9/h2-6H,1H3,(H2,11,12,13). The highest BCUT2D eigenvalue weighted by atomic mass is 15.1. The Bertz CT molecular complexity index is 380. The van der Waals surface area contributed by atoms with Gasteiger partial charge in [-0.3, -0.25) is 4.98 Å². The Morgan fingerprint density at radius 2 is 2.23 bits per heavy atom. The van der Waals surface area contributed by atoms with Gasteiger partial charge >= 0.3 is 0 Å². The maximum atomic E-state index is 4.16. The van der Waals surface area contributed by atoms with Crippen molar-refractivity contribution in [1.29, 1.82) is 0 Å². The average molecular weight is 174 g/mol. The normalized spacial score (nSPS) is 9.92. The first-order valence-corrected chi connectivity index (χ1v) is 4.04. The zero-order valence-electron chi connectivity index (χ0n) is 7.28. The molecule has 0 spiro atoms. The van der Waals surface area contributed by atoms with E-state index in [0.29, 0.717) is 0 Å². The molecule has 0 saturated carbocycles. The van der Waals surface area contributed by atoms with Crippen LogP contribution in [-0.2, 0) is 0 Å². The van der Waals surface area contributed by atoms with E-state index in [-0.39, 0.29) is 0 Å². The topological polar surface area (TPSA) is 53.6 Å². The number of nitrogens with one attached hydrogen (secondary N) is 2. The van der Waals surface area contributed by atoms with Crippen molar-refractivity contribution < 1.29 is 0 Å². The van der Waals surface area contributed by atoms with Gasteiger partial charge in [-0.2, -0.15) is 0 Å². The van der Waals surface area contributed by atoms with Crippen LogP contribution in [0.15, 0.2) is 30.7 Å². The van der Waals surface area contributed by atoms with Gasteiger partial charge in [-0.15, -0.1) is 0 Å². The van der Waals surface area contributed by atoms with Crippen LogP contribution in [0.25, 0.3) is 0 Å². The highest BCUT2D eigenvalue weighted by molar-refractivity contribution is 5.55. The molecule has 0 aliphatic rings. The molecule has 2 aromatic rings. The summed E-state index contributed by atoms with van der Waals surface area (Å²) < 4.78 is 0. The second-order valence-electron chi connectivity index (χ2n) is 2.70. The number of H-pyrrole nitrogens is 1. The van der Waals surface area contributed by atoms with Crippen molar-refractivity contribution >= 4 is 11.6 Å². The molecule has 2 aromatic heterocycles. The van der Waals surface area contributed by atoms with Crippen molar-refractivity contribution in [2.45, 2.75) is 6.92 Å². The number of hydrogen-bond acceptors (Lipinski definition) is 3. The molecule has 0 aliphatic carbocycles. The predicted octanol–water partition coefficient (Wildman–Crippen LogP) is 1.86. The van der Waals surface area contributed by atoms with Gasteiger partial charge in [-0.25, -0.2) is 4.98 Å². The third-order valence-corrected chi connectivity index (χ3v) is 1.76. The fourth-order valence-corrected chi connectivity index (χ4v) is 1.08.